The molecule has 1 rings (SSSR count). The first-order valence-corrected chi connectivity index (χ1v) is 8.03. The van der Waals surface area contributed by atoms with Crippen LogP contribution in [0.1, 0.15) is 5.56 Å². The van der Waals surface area contributed by atoms with Crippen LogP contribution in [0.4, 0.5) is 0 Å². The molecule has 0 fully saturated rings. The van der Waals surface area contributed by atoms with E-state index >= 15 is 0 Å². The number of nitrogens with two attached hydrogens (primary N) is 1. The van der Waals surface area contributed by atoms with E-state index in [-0.39, 0.29) is 24.7 Å². The van der Waals surface area contributed by atoms with Crippen molar-refractivity contribution in [1.29, 1.82) is 0 Å². The van der Waals surface area contributed by atoms with E-state index < -0.39 is 21.8 Å². The van der Waals surface area contributed by atoms with E-state index in [9.17, 15) is 13.2 Å². The molecule has 0 heterocycles. The highest BCUT2D eigenvalue weighted by atomic mass is 32.2. The number of hydrogen-bond donors (Lipinski definition) is 2. The second kappa shape index (κ2) is 7.98. The van der Waals surface area contributed by atoms with Gasteiger partial charge in [0, 0.05) is 13.7 Å². The Morgan fingerprint density at radius 1 is 1.35 bits per heavy atom. The topological polar surface area (TPSA) is 98.5 Å². The summed E-state index contributed by atoms with van der Waals surface area (Å²) in [5.74, 6) is -0.567. The van der Waals surface area contributed by atoms with Crippen LogP contribution in [-0.4, -0.2) is 46.4 Å². The lowest BCUT2D eigenvalue weighted by atomic mass is 10.2. The van der Waals surface area contributed by atoms with Crippen molar-refractivity contribution in [1.82, 2.24) is 5.32 Å². The van der Waals surface area contributed by atoms with E-state index in [1.165, 1.54) is 7.11 Å². The molecule has 1 atom stereocenters. The first-order chi connectivity index (χ1) is 9.44. The Morgan fingerprint density at radius 3 is 2.60 bits per heavy atom. The fraction of sp³-hybridized carbons (Fsp3) is 0.462. The Bertz CT molecular complexity index is 516. The van der Waals surface area contributed by atoms with Crippen LogP contribution < -0.4 is 11.1 Å². The van der Waals surface area contributed by atoms with Crippen molar-refractivity contribution < 1.29 is 17.9 Å². The van der Waals surface area contributed by atoms with Gasteiger partial charge in [-0.25, -0.2) is 8.42 Å². The van der Waals surface area contributed by atoms with Crippen molar-refractivity contribution in [3.8, 4) is 0 Å². The molecule has 3 N–H and O–H groups in total. The summed E-state index contributed by atoms with van der Waals surface area (Å²) in [7, 11) is -1.81. The van der Waals surface area contributed by atoms with Crippen LogP contribution in [0.25, 0.3) is 0 Å². The molecule has 1 aromatic carbocycles. The van der Waals surface area contributed by atoms with Gasteiger partial charge >= 0.3 is 0 Å². The summed E-state index contributed by atoms with van der Waals surface area (Å²) in [6, 6.07) is 8.13. The molecule has 6 nitrogen and oxygen atoms in total. The summed E-state index contributed by atoms with van der Waals surface area (Å²) in [6.45, 7) is 0.147. The number of ether oxygens (including phenoxy) is 1. The van der Waals surface area contributed by atoms with E-state index in [0.29, 0.717) is 0 Å². The van der Waals surface area contributed by atoms with Crippen LogP contribution >= 0.6 is 0 Å². The lowest BCUT2D eigenvalue weighted by Crippen LogP contribution is -2.44. The molecule has 0 aliphatic carbocycles. The quantitative estimate of drug-likeness (QED) is 0.686. The smallest absolute Gasteiger partial charge is 0.239 e. The zero-order valence-corrected chi connectivity index (χ0v) is 12.2. The third kappa shape index (κ3) is 6.14. The van der Waals surface area contributed by atoms with Gasteiger partial charge in [-0.2, -0.15) is 0 Å². The lowest BCUT2D eigenvalue weighted by molar-refractivity contribution is -0.123. The molecule has 112 valence electrons. The molecule has 0 aliphatic rings. The maximum atomic E-state index is 11.9. The van der Waals surface area contributed by atoms with Gasteiger partial charge in [-0.3, -0.25) is 4.79 Å². The molecule has 0 bridgehead atoms. The molecule has 1 unspecified atom stereocenters. The van der Waals surface area contributed by atoms with Crippen LogP contribution in [0.15, 0.2) is 30.3 Å². The number of methoxy groups -OCH3 is 1. The van der Waals surface area contributed by atoms with Gasteiger partial charge in [-0.15, -0.1) is 0 Å². The molecule has 0 saturated heterocycles. The van der Waals surface area contributed by atoms with Gasteiger partial charge < -0.3 is 15.8 Å². The number of benzene rings is 1. The number of hydrogen-bond acceptors (Lipinski definition) is 5. The summed E-state index contributed by atoms with van der Waals surface area (Å²) in [4.78, 5) is 11.5. The maximum absolute atomic E-state index is 11.9. The number of carbonyl (C=O) groups excluding carboxylic acids is 1. The highest BCUT2D eigenvalue weighted by molar-refractivity contribution is 7.90. The largest absolute Gasteiger partial charge is 0.383 e. The first-order valence-electron chi connectivity index (χ1n) is 6.21. The zero-order chi connectivity index (χ0) is 15.0. The minimum Gasteiger partial charge on any atom is -0.383 e. The van der Waals surface area contributed by atoms with Crippen molar-refractivity contribution in [3.63, 3.8) is 0 Å². The van der Waals surface area contributed by atoms with E-state index in [4.69, 9.17) is 10.5 Å². The van der Waals surface area contributed by atoms with Crippen LogP contribution in [0, 0.1) is 0 Å². The highest BCUT2D eigenvalue weighted by Crippen LogP contribution is 2.05. The van der Waals surface area contributed by atoms with E-state index in [2.05, 4.69) is 5.32 Å². The number of nitrogens with one attached hydrogen (secondary N) is 1. The van der Waals surface area contributed by atoms with E-state index in [1.807, 2.05) is 6.07 Å². The summed E-state index contributed by atoms with van der Waals surface area (Å²) < 4.78 is 28.5. The Kier molecular flexibility index (Phi) is 6.63. The zero-order valence-electron chi connectivity index (χ0n) is 11.4. The fourth-order valence-corrected chi connectivity index (χ4v) is 2.87. The van der Waals surface area contributed by atoms with Crippen molar-refractivity contribution in [2.45, 2.75) is 11.8 Å². The second-order valence-electron chi connectivity index (χ2n) is 4.43. The van der Waals surface area contributed by atoms with Crippen molar-refractivity contribution >= 4 is 15.7 Å². The molecule has 0 spiro atoms. The number of rotatable bonds is 8. The average Bonchev–Trinajstić information content (AvgIpc) is 2.39. The summed E-state index contributed by atoms with van der Waals surface area (Å²) in [5.41, 5.74) is 6.25. The normalized spacial score (nSPS) is 12.9. The van der Waals surface area contributed by atoms with Crippen LogP contribution in [0.2, 0.25) is 0 Å². The number of carbonyl (C=O) groups is 1. The summed E-state index contributed by atoms with van der Waals surface area (Å²) >= 11 is 0. The predicted octanol–water partition coefficient (Wildman–Crippen LogP) is -0.309. The highest BCUT2D eigenvalue weighted by Gasteiger charge is 2.15. The van der Waals surface area contributed by atoms with Gasteiger partial charge in [0.25, 0.3) is 0 Å². The third-order valence-electron chi connectivity index (χ3n) is 2.62. The third-order valence-corrected chi connectivity index (χ3v) is 4.22. The number of sulfone groups is 1. The molecule has 20 heavy (non-hydrogen) atoms. The van der Waals surface area contributed by atoms with Gasteiger partial charge in [0.15, 0.2) is 9.84 Å². The predicted molar refractivity (Wildman–Crippen MR) is 76.8 cm³/mol. The van der Waals surface area contributed by atoms with E-state index in [0.717, 1.165) is 5.56 Å². The van der Waals surface area contributed by atoms with Gasteiger partial charge in [0.1, 0.15) is 6.04 Å². The Morgan fingerprint density at radius 2 is 2.00 bits per heavy atom. The maximum Gasteiger partial charge on any atom is 0.239 e. The summed E-state index contributed by atoms with van der Waals surface area (Å²) in [6.07, 6.45) is 0. The van der Waals surface area contributed by atoms with Gasteiger partial charge in [0.2, 0.25) is 5.91 Å². The molecular weight excluding hydrogens is 280 g/mol. The molecule has 0 saturated carbocycles. The molecule has 1 amide bonds. The van der Waals surface area contributed by atoms with Crippen molar-refractivity contribution in [3.05, 3.63) is 35.9 Å². The Hall–Kier alpha value is -1.44. The monoisotopic (exact) mass is 300 g/mol. The van der Waals surface area contributed by atoms with Crippen LogP contribution in [0.3, 0.4) is 0 Å². The molecule has 0 aromatic heterocycles. The van der Waals surface area contributed by atoms with Crippen molar-refractivity contribution in [2.75, 3.05) is 26.0 Å². The SMILES string of the molecule is COCC(N)C(=O)NCCS(=O)(=O)Cc1ccccc1. The summed E-state index contributed by atoms with van der Waals surface area (Å²) in [5, 5.41) is 2.49. The first kappa shape index (κ1) is 16.6. The van der Waals surface area contributed by atoms with E-state index in [1.54, 1.807) is 24.3 Å². The second-order valence-corrected chi connectivity index (χ2v) is 6.61. The molecule has 0 aliphatic heterocycles. The van der Waals surface area contributed by atoms with Crippen LogP contribution in [0.5, 0.6) is 0 Å². The van der Waals surface area contributed by atoms with Gasteiger partial charge in [-0.1, -0.05) is 30.3 Å². The molecule has 1 aromatic rings. The number of amides is 1. The van der Waals surface area contributed by atoms with Crippen molar-refractivity contribution in [2.24, 2.45) is 5.73 Å². The molecule has 0 radical (unpaired) electrons. The average molecular weight is 300 g/mol. The molecule has 7 heteroatoms. The fourth-order valence-electron chi connectivity index (χ4n) is 1.62. The lowest BCUT2D eigenvalue weighted by Gasteiger charge is -2.11. The van der Waals surface area contributed by atoms with Gasteiger partial charge in [-0.05, 0) is 5.56 Å². The molecular formula is C13H20N2O4S. The minimum absolute atomic E-state index is 0.0339. The van der Waals surface area contributed by atoms with Crippen LogP contribution in [-0.2, 0) is 25.1 Å². The Balaban J connectivity index is 2.39. The standard InChI is InChI=1S/C13H20N2O4S/c1-19-9-12(14)13(16)15-7-8-20(17,18)10-11-5-3-2-4-6-11/h2-6,12H,7-10,14H2,1H3,(H,15,16). The minimum atomic E-state index is -3.26. The Labute approximate surface area is 119 Å². The van der Waals surface area contributed by atoms with Gasteiger partial charge in [0.05, 0.1) is 18.1 Å².